The lowest BCUT2D eigenvalue weighted by Gasteiger charge is -2.61. The molecule has 0 heterocycles. The number of aliphatic hydroxyl groups is 1. The fraction of sp³-hybridized carbons (Fsp3) is 1.00. The van der Waals surface area contributed by atoms with Gasteiger partial charge in [0.15, 0.2) is 0 Å². The Morgan fingerprint density at radius 1 is 0.889 bits per heavy atom. The smallest absolute Gasteiger partial charge is 0.0596 e. The van der Waals surface area contributed by atoms with Crippen molar-refractivity contribution in [2.75, 3.05) is 13.1 Å². The summed E-state index contributed by atoms with van der Waals surface area (Å²) >= 11 is 0. The van der Waals surface area contributed by atoms with Gasteiger partial charge in [0, 0.05) is 25.2 Å². The Bertz CT molecular complexity index is 523. The topological polar surface area (TPSA) is 44.3 Å². The van der Waals surface area contributed by atoms with Crippen molar-refractivity contribution in [3.05, 3.63) is 0 Å². The quantitative estimate of drug-likeness (QED) is 0.625. The molecule has 3 nitrogen and oxygen atoms in total. The number of aliphatic hydroxyl groups excluding tert-OH is 1. The zero-order chi connectivity index (χ0) is 19.2. The predicted octanol–water partition coefficient (Wildman–Crippen LogP) is 4.35. The minimum atomic E-state index is -0.0339. The van der Waals surface area contributed by atoms with Crippen LogP contribution in [0.5, 0.6) is 0 Å². The molecule has 3 N–H and O–H groups in total. The number of hydrogen-bond donors (Lipinski definition) is 3. The van der Waals surface area contributed by atoms with Gasteiger partial charge >= 0.3 is 0 Å². The van der Waals surface area contributed by atoms with Gasteiger partial charge in [-0.15, -0.1) is 0 Å². The molecule has 4 aliphatic carbocycles. The highest BCUT2D eigenvalue weighted by molar-refractivity contribution is 5.09. The van der Waals surface area contributed by atoms with Gasteiger partial charge in [-0.05, 0) is 92.3 Å². The van der Waals surface area contributed by atoms with E-state index in [0.29, 0.717) is 11.5 Å². The third-order valence-electron chi connectivity index (χ3n) is 9.73. The zero-order valence-electron chi connectivity index (χ0n) is 18.3. The van der Waals surface area contributed by atoms with Crippen molar-refractivity contribution in [1.82, 2.24) is 10.6 Å². The van der Waals surface area contributed by atoms with E-state index in [4.69, 9.17) is 0 Å². The normalized spacial score (nSPS) is 49.6. The van der Waals surface area contributed by atoms with Gasteiger partial charge in [-0.25, -0.2) is 0 Å². The molecule has 0 radical (unpaired) electrons. The van der Waals surface area contributed by atoms with Crippen LogP contribution >= 0.6 is 0 Å². The van der Waals surface area contributed by atoms with Crippen LogP contribution in [-0.2, 0) is 0 Å². The average Bonchev–Trinajstić information content (AvgIpc) is 2.94. The monoisotopic (exact) mass is 376 g/mol. The van der Waals surface area contributed by atoms with Gasteiger partial charge in [0.2, 0.25) is 0 Å². The van der Waals surface area contributed by atoms with Gasteiger partial charge in [-0.3, -0.25) is 0 Å². The first-order valence-corrected chi connectivity index (χ1v) is 12.0. The summed E-state index contributed by atoms with van der Waals surface area (Å²) < 4.78 is 0. The van der Waals surface area contributed by atoms with Crippen molar-refractivity contribution in [2.24, 2.45) is 34.5 Å². The van der Waals surface area contributed by atoms with E-state index in [-0.39, 0.29) is 11.5 Å². The molecule has 0 aromatic carbocycles. The molecular weight excluding hydrogens is 332 g/mol. The first-order chi connectivity index (χ1) is 12.8. The second kappa shape index (κ2) is 7.61. The Hall–Kier alpha value is -0.120. The summed E-state index contributed by atoms with van der Waals surface area (Å²) in [5.74, 6) is 3.52. The molecule has 4 unspecified atom stereocenters. The number of hydrogen-bond acceptors (Lipinski definition) is 3. The van der Waals surface area contributed by atoms with E-state index >= 15 is 0 Å². The molecule has 0 aromatic heterocycles. The highest BCUT2D eigenvalue weighted by Gasteiger charge is 2.59. The van der Waals surface area contributed by atoms with Crippen molar-refractivity contribution in [3.8, 4) is 0 Å². The second-order valence-corrected chi connectivity index (χ2v) is 11.3. The average molecular weight is 377 g/mol. The molecule has 0 bridgehead atoms. The fourth-order valence-electron chi connectivity index (χ4n) is 8.05. The predicted molar refractivity (Wildman–Crippen MR) is 113 cm³/mol. The molecule has 4 saturated carbocycles. The van der Waals surface area contributed by atoms with E-state index in [1.54, 1.807) is 0 Å². The Morgan fingerprint density at radius 3 is 2.41 bits per heavy atom. The van der Waals surface area contributed by atoms with Gasteiger partial charge in [0.25, 0.3) is 0 Å². The molecule has 156 valence electrons. The van der Waals surface area contributed by atoms with E-state index < -0.39 is 0 Å². The Morgan fingerprint density at radius 2 is 1.63 bits per heavy atom. The summed E-state index contributed by atoms with van der Waals surface area (Å²) in [6.45, 7) is 11.7. The maximum Gasteiger partial charge on any atom is 0.0596 e. The van der Waals surface area contributed by atoms with E-state index in [1.165, 1.54) is 51.4 Å². The highest BCUT2D eigenvalue weighted by Crippen LogP contribution is 2.66. The molecule has 0 aromatic rings. The molecule has 3 heteroatoms. The van der Waals surface area contributed by atoms with Gasteiger partial charge in [-0.2, -0.15) is 0 Å². The molecule has 4 fully saturated rings. The third kappa shape index (κ3) is 3.51. The van der Waals surface area contributed by atoms with Gasteiger partial charge in [0.05, 0.1) is 6.10 Å². The maximum atomic E-state index is 10.6. The van der Waals surface area contributed by atoms with Crippen molar-refractivity contribution >= 4 is 0 Å². The van der Waals surface area contributed by atoms with Crippen LogP contribution in [0.2, 0.25) is 0 Å². The molecule has 0 amide bonds. The lowest BCUT2D eigenvalue weighted by molar-refractivity contribution is -0.123. The van der Waals surface area contributed by atoms with E-state index in [2.05, 4.69) is 38.3 Å². The van der Waals surface area contributed by atoms with Crippen LogP contribution in [0.4, 0.5) is 0 Å². The number of nitrogens with one attached hydrogen (secondary N) is 2. The number of fused-ring (bicyclic) bond motifs is 5. The van der Waals surface area contributed by atoms with Crippen LogP contribution in [0, 0.1) is 34.5 Å². The Kier molecular flexibility index (Phi) is 5.68. The highest BCUT2D eigenvalue weighted by atomic mass is 16.3. The fourth-order valence-corrected chi connectivity index (χ4v) is 8.05. The first-order valence-electron chi connectivity index (χ1n) is 12.0. The van der Waals surface area contributed by atoms with Crippen LogP contribution in [0.15, 0.2) is 0 Å². The maximum absolute atomic E-state index is 10.6. The van der Waals surface area contributed by atoms with Gasteiger partial charge < -0.3 is 15.7 Å². The molecule has 0 spiro atoms. The summed E-state index contributed by atoms with van der Waals surface area (Å²) in [4.78, 5) is 0. The standard InChI is InChI=1S/C24H44N2O/c1-16(2)25-13-14-26-18-9-11-23(3)17(15-18)5-6-19-20-7-8-22(27)24(20,4)12-10-21(19)23/h16-22,25-27H,5-15H2,1-4H3/t17?,18-,19?,20?,21?,22+,23+,24+/m1/s1. The zero-order valence-corrected chi connectivity index (χ0v) is 18.3. The minimum absolute atomic E-state index is 0.0339. The summed E-state index contributed by atoms with van der Waals surface area (Å²) in [6.07, 6.45) is 12.0. The summed E-state index contributed by atoms with van der Waals surface area (Å²) in [7, 11) is 0. The molecule has 0 aliphatic heterocycles. The third-order valence-corrected chi connectivity index (χ3v) is 9.73. The Labute approximate surface area is 167 Å². The van der Waals surface area contributed by atoms with Crippen LogP contribution < -0.4 is 10.6 Å². The summed E-state index contributed by atoms with van der Waals surface area (Å²) in [5, 5.41) is 18.0. The van der Waals surface area contributed by atoms with Gasteiger partial charge in [-0.1, -0.05) is 27.7 Å². The molecule has 0 saturated heterocycles. The first kappa shape index (κ1) is 20.2. The van der Waals surface area contributed by atoms with E-state index in [9.17, 15) is 5.11 Å². The molecule has 27 heavy (non-hydrogen) atoms. The molecular formula is C24H44N2O. The van der Waals surface area contributed by atoms with Crippen LogP contribution in [-0.4, -0.2) is 36.4 Å². The molecule has 8 atom stereocenters. The van der Waals surface area contributed by atoms with Crippen molar-refractivity contribution in [3.63, 3.8) is 0 Å². The molecule has 4 rings (SSSR count). The lowest BCUT2D eigenvalue weighted by Crippen LogP contribution is -2.55. The van der Waals surface area contributed by atoms with Crippen molar-refractivity contribution in [1.29, 1.82) is 0 Å². The van der Waals surface area contributed by atoms with Crippen LogP contribution in [0.25, 0.3) is 0 Å². The van der Waals surface area contributed by atoms with Crippen LogP contribution in [0.3, 0.4) is 0 Å². The molecule has 4 aliphatic rings. The minimum Gasteiger partial charge on any atom is -0.393 e. The largest absolute Gasteiger partial charge is 0.393 e. The van der Waals surface area contributed by atoms with Gasteiger partial charge in [0.1, 0.15) is 0 Å². The van der Waals surface area contributed by atoms with Crippen molar-refractivity contribution in [2.45, 2.75) is 104 Å². The SMILES string of the molecule is CC(C)NCCN[C@@H]1CC[C@@]2(C)C(CCC3C2CC[C@@]2(C)C3CC[C@@H]2O)C1. The summed E-state index contributed by atoms with van der Waals surface area (Å²) in [5.41, 5.74) is 0.790. The number of rotatable bonds is 5. The lowest BCUT2D eigenvalue weighted by atomic mass is 9.45. The van der Waals surface area contributed by atoms with Crippen LogP contribution in [0.1, 0.15) is 85.5 Å². The summed E-state index contributed by atoms with van der Waals surface area (Å²) in [6, 6.07) is 1.32. The second-order valence-electron chi connectivity index (χ2n) is 11.3. The van der Waals surface area contributed by atoms with E-state index in [1.807, 2.05) is 0 Å². The van der Waals surface area contributed by atoms with E-state index in [0.717, 1.165) is 49.2 Å². The van der Waals surface area contributed by atoms with Crippen molar-refractivity contribution < 1.29 is 5.11 Å². The Balaban J connectivity index is 1.38.